The number of aromatic nitrogens is 5. The molecule has 0 bridgehead atoms. The van der Waals surface area contributed by atoms with Crippen LogP contribution in [0.5, 0.6) is 0 Å². The summed E-state index contributed by atoms with van der Waals surface area (Å²) < 4.78 is 2.93. The normalized spacial score (nSPS) is 10.9. The van der Waals surface area contributed by atoms with Crippen molar-refractivity contribution in [3.8, 4) is 11.4 Å². The van der Waals surface area contributed by atoms with E-state index < -0.39 is 0 Å². The smallest absolute Gasteiger partial charge is 0.339 e. The number of fused-ring (bicyclic) bond motifs is 1. The van der Waals surface area contributed by atoms with E-state index in [4.69, 9.17) is 5.73 Å². The van der Waals surface area contributed by atoms with Crippen molar-refractivity contribution in [2.45, 2.75) is 0 Å². The third-order valence-electron chi connectivity index (χ3n) is 5.08. The number of nitrogens with two attached hydrogens (primary N) is 1. The Morgan fingerprint density at radius 3 is 2.58 bits per heavy atom. The SMILES string of the molecule is CNc1cccc(-n2c(=O)n(-c3ccc(C(=O)Nc4nccs4)cc3)c3c(N)ncnc32)c1. The maximum atomic E-state index is 13.6. The van der Waals surface area contributed by atoms with Crippen LogP contribution in [0.4, 0.5) is 16.6 Å². The fourth-order valence-corrected chi connectivity index (χ4v) is 4.06. The number of imidazole rings is 1. The van der Waals surface area contributed by atoms with Crippen LogP contribution in [-0.2, 0) is 0 Å². The zero-order valence-electron chi connectivity index (χ0n) is 17.4. The highest BCUT2D eigenvalue weighted by Gasteiger charge is 2.20. The minimum absolute atomic E-state index is 0.172. The van der Waals surface area contributed by atoms with Gasteiger partial charge in [-0.25, -0.2) is 24.3 Å². The molecule has 0 fully saturated rings. The van der Waals surface area contributed by atoms with Crippen molar-refractivity contribution in [2.24, 2.45) is 0 Å². The first-order valence-corrected chi connectivity index (χ1v) is 10.8. The Labute approximate surface area is 191 Å². The number of carbonyl (C=O) groups is 1. The molecule has 3 heterocycles. The molecule has 0 saturated heterocycles. The second-order valence-corrected chi connectivity index (χ2v) is 7.92. The topological polar surface area (TPSA) is 133 Å². The standard InChI is InChI=1S/C22H18N8O2S/c1-24-14-3-2-4-16(11-14)30-19-17(18(23)26-12-27-19)29(22(30)32)15-7-5-13(6-8-15)20(31)28-21-25-9-10-33-21/h2-12,24H,1H3,(H2,23,26,27)(H,25,28,31). The fourth-order valence-electron chi connectivity index (χ4n) is 3.54. The van der Waals surface area contributed by atoms with Crippen LogP contribution in [0.1, 0.15) is 10.4 Å². The molecule has 0 aliphatic rings. The molecule has 0 radical (unpaired) electrons. The maximum absolute atomic E-state index is 13.6. The van der Waals surface area contributed by atoms with Gasteiger partial charge in [0.25, 0.3) is 5.91 Å². The molecule has 5 aromatic rings. The molecule has 33 heavy (non-hydrogen) atoms. The lowest BCUT2D eigenvalue weighted by Crippen LogP contribution is -2.22. The number of thiazole rings is 1. The summed E-state index contributed by atoms with van der Waals surface area (Å²) >= 11 is 1.33. The number of hydrogen-bond acceptors (Lipinski definition) is 8. The number of amides is 1. The van der Waals surface area contributed by atoms with E-state index in [1.54, 1.807) is 42.9 Å². The van der Waals surface area contributed by atoms with E-state index in [2.05, 4.69) is 25.6 Å². The Kier molecular flexibility index (Phi) is 5.07. The number of hydrogen-bond donors (Lipinski definition) is 3. The molecule has 0 atom stereocenters. The van der Waals surface area contributed by atoms with Gasteiger partial charge >= 0.3 is 5.69 Å². The van der Waals surface area contributed by atoms with Crippen molar-refractivity contribution in [3.63, 3.8) is 0 Å². The first-order valence-electron chi connectivity index (χ1n) is 9.90. The van der Waals surface area contributed by atoms with Gasteiger partial charge in [0, 0.05) is 29.9 Å². The fraction of sp³-hybridized carbons (Fsp3) is 0.0455. The lowest BCUT2D eigenvalue weighted by Gasteiger charge is -2.06. The second kappa shape index (κ2) is 8.20. The summed E-state index contributed by atoms with van der Waals surface area (Å²) in [6.45, 7) is 0. The first-order chi connectivity index (χ1) is 16.1. The van der Waals surface area contributed by atoms with Gasteiger partial charge in [0.05, 0.1) is 11.4 Å². The molecule has 1 amide bonds. The van der Waals surface area contributed by atoms with Crippen molar-refractivity contribution >= 4 is 45.0 Å². The van der Waals surface area contributed by atoms with Crippen LogP contribution >= 0.6 is 11.3 Å². The van der Waals surface area contributed by atoms with Crippen molar-refractivity contribution in [1.29, 1.82) is 0 Å². The molecule has 11 heteroatoms. The summed E-state index contributed by atoms with van der Waals surface area (Å²) in [5.41, 5.74) is 9.00. The number of carbonyl (C=O) groups excluding carboxylic acids is 1. The van der Waals surface area contributed by atoms with Crippen LogP contribution in [0.3, 0.4) is 0 Å². The van der Waals surface area contributed by atoms with E-state index in [0.717, 1.165) is 5.69 Å². The highest BCUT2D eigenvalue weighted by Crippen LogP contribution is 2.24. The monoisotopic (exact) mass is 458 g/mol. The summed E-state index contributed by atoms with van der Waals surface area (Å²) in [6, 6.07) is 14.0. The summed E-state index contributed by atoms with van der Waals surface area (Å²) in [7, 11) is 1.80. The number of nitrogens with zero attached hydrogens (tertiary/aromatic N) is 5. The van der Waals surface area contributed by atoms with Gasteiger partial charge in [-0.2, -0.15) is 0 Å². The average Bonchev–Trinajstić information content (AvgIpc) is 3.45. The minimum Gasteiger partial charge on any atom is -0.388 e. The van der Waals surface area contributed by atoms with E-state index in [1.165, 1.54) is 26.8 Å². The molecular weight excluding hydrogens is 440 g/mol. The summed E-state index contributed by atoms with van der Waals surface area (Å²) in [5, 5.41) is 8.09. The third-order valence-corrected chi connectivity index (χ3v) is 5.77. The van der Waals surface area contributed by atoms with Crippen molar-refractivity contribution in [3.05, 3.63) is 82.5 Å². The lowest BCUT2D eigenvalue weighted by molar-refractivity contribution is 0.102. The largest absolute Gasteiger partial charge is 0.388 e. The lowest BCUT2D eigenvalue weighted by atomic mass is 10.2. The molecule has 2 aromatic carbocycles. The molecule has 0 aliphatic carbocycles. The summed E-state index contributed by atoms with van der Waals surface area (Å²) in [5.74, 6) is -0.121. The number of nitrogen functional groups attached to an aromatic ring is 1. The van der Waals surface area contributed by atoms with Gasteiger partial charge in [-0.1, -0.05) is 6.07 Å². The number of anilines is 3. The van der Waals surface area contributed by atoms with Gasteiger partial charge in [-0.3, -0.25) is 14.7 Å². The molecule has 164 valence electrons. The highest BCUT2D eigenvalue weighted by atomic mass is 32.1. The maximum Gasteiger partial charge on any atom is 0.339 e. The van der Waals surface area contributed by atoms with Crippen molar-refractivity contribution in [1.82, 2.24) is 24.1 Å². The van der Waals surface area contributed by atoms with Gasteiger partial charge < -0.3 is 11.1 Å². The Bertz CT molecular complexity index is 1520. The van der Waals surface area contributed by atoms with Crippen molar-refractivity contribution in [2.75, 3.05) is 23.4 Å². The van der Waals surface area contributed by atoms with Gasteiger partial charge in [0.1, 0.15) is 11.8 Å². The summed E-state index contributed by atoms with van der Waals surface area (Å²) in [4.78, 5) is 38.5. The Balaban J connectivity index is 1.62. The Hall–Kier alpha value is -4.51. The molecule has 0 spiro atoms. The predicted molar refractivity (Wildman–Crippen MR) is 128 cm³/mol. The third kappa shape index (κ3) is 3.59. The molecular formula is C22H18N8O2S. The van der Waals surface area contributed by atoms with Crippen LogP contribution < -0.4 is 22.1 Å². The van der Waals surface area contributed by atoms with Crippen LogP contribution in [0.2, 0.25) is 0 Å². The van der Waals surface area contributed by atoms with E-state index in [-0.39, 0.29) is 17.4 Å². The quantitative estimate of drug-likeness (QED) is 0.369. The first kappa shape index (κ1) is 20.4. The minimum atomic E-state index is -0.356. The highest BCUT2D eigenvalue weighted by molar-refractivity contribution is 7.13. The molecule has 3 aromatic heterocycles. The van der Waals surface area contributed by atoms with Gasteiger partial charge in [-0.05, 0) is 42.5 Å². The van der Waals surface area contributed by atoms with Crippen LogP contribution in [-0.4, -0.2) is 37.0 Å². The molecule has 10 nitrogen and oxygen atoms in total. The molecule has 4 N–H and O–H groups in total. The van der Waals surface area contributed by atoms with Crippen LogP contribution in [0.15, 0.2) is 71.2 Å². The molecule has 5 rings (SSSR count). The Morgan fingerprint density at radius 2 is 1.85 bits per heavy atom. The van der Waals surface area contributed by atoms with Crippen LogP contribution in [0, 0.1) is 0 Å². The predicted octanol–water partition coefficient (Wildman–Crippen LogP) is 2.90. The molecule has 0 unspecified atom stereocenters. The molecule has 0 saturated carbocycles. The summed E-state index contributed by atoms with van der Waals surface area (Å²) in [6.07, 6.45) is 2.94. The van der Waals surface area contributed by atoms with E-state index >= 15 is 0 Å². The van der Waals surface area contributed by atoms with E-state index in [1.807, 2.05) is 24.3 Å². The number of rotatable bonds is 5. The van der Waals surface area contributed by atoms with E-state index in [9.17, 15) is 9.59 Å². The number of nitrogens with one attached hydrogen (secondary N) is 2. The molecule has 0 aliphatic heterocycles. The van der Waals surface area contributed by atoms with Crippen LogP contribution in [0.25, 0.3) is 22.5 Å². The van der Waals surface area contributed by atoms with Gasteiger partial charge in [-0.15, -0.1) is 11.3 Å². The average molecular weight is 459 g/mol. The van der Waals surface area contributed by atoms with Crippen molar-refractivity contribution < 1.29 is 4.79 Å². The zero-order chi connectivity index (χ0) is 22.9. The zero-order valence-corrected chi connectivity index (χ0v) is 18.2. The van der Waals surface area contributed by atoms with Gasteiger partial charge in [0.15, 0.2) is 16.6 Å². The van der Waals surface area contributed by atoms with Gasteiger partial charge in [0.2, 0.25) is 0 Å². The second-order valence-electron chi connectivity index (χ2n) is 7.02. The number of benzene rings is 2. The Morgan fingerprint density at radius 1 is 1.03 bits per heavy atom. The van der Waals surface area contributed by atoms with E-state index in [0.29, 0.717) is 33.2 Å².